The summed E-state index contributed by atoms with van der Waals surface area (Å²) in [5.74, 6) is 0.818. The highest BCUT2D eigenvalue weighted by molar-refractivity contribution is 6.22. The second-order valence-electron chi connectivity index (χ2n) is 6.62. The molecule has 3 amide bonds. The third-order valence-corrected chi connectivity index (χ3v) is 4.80. The average Bonchev–Trinajstić information content (AvgIpc) is 3.33. The molecule has 1 unspecified atom stereocenters. The number of furan rings is 1. The third-order valence-electron chi connectivity index (χ3n) is 4.80. The summed E-state index contributed by atoms with van der Waals surface area (Å²) in [6.45, 7) is 0.688. The number of guanidine groups is 1. The van der Waals surface area contributed by atoms with Crippen molar-refractivity contribution >= 4 is 23.7 Å². The Morgan fingerprint density at radius 2 is 1.93 bits per heavy atom. The second-order valence-corrected chi connectivity index (χ2v) is 6.62. The zero-order valence-electron chi connectivity index (χ0n) is 15.4. The lowest BCUT2D eigenvalue weighted by molar-refractivity contribution is -0.553. The molecule has 0 aliphatic carbocycles. The number of fused-ring (bicyclic) bond motifs is 1. The Morgan fingerprint density at radius 1 is 1.18 bits per heavy atom. The number of nitrogens with zero attached hydrogens (tertiary/aromatic N) is 4. The molecular formula is C19H19FN5O3+. The molecule has 1 saturated heterocycles. The van der Waals surface area contributed by atoms with E-state index in [-0.39, 0.29) is 11.7 Å². The fourth-order valence-electron chi connectivity index (χ4n) is 3.27. The predicted molar refractivity (Wildman–Crippen MR) is 98.1 cm³/mol. The van der Waals surface area contributed by atoms with Gasteiger partial charge in [-0.05, 0) is 29.8 Å². The van der Waals surface area contributed by atoms with Gasteiger partial charge in [0.25, 0.3) is 5.91 Å². The average molecular weight is 384 g/mol. The number of rotatable bonds is 4. The quantitative estimate of drug-likeness (QED) is 0.808. The molecule has 3 heterocycles. The summed E-state index contributed by atoms with van der Waals surface area (Å²) in [7, 11) is 3.03. The van der Waals surface area contributed by atoms with Crippen molar-refractivity contribution in [3.05, 3.63) is 59.8 Å². The van der Waals surface area contributed by atoms with Gasteiger partial charge in [0.05, 0.1) is 12.8 Å². The van der Waals surface area contributed by atoms with Crippen LogP contribution in [0.15, 0.2) is 52.1 Å². The number of imide groups is 1. The normalized spacial score (nSPS) is 19.2. The standard InChI is InChI=1S/C19H18FN5O3/c1-23-16-15(17(26)24(2)19(23)27)25(11-12-5-7-13(20)8-6-12)18(22-16)21-10-14-4-3-9-28-14/h3-9,15H,10-11H2,1-2H3/p+1. The number of halogens is 1. The Morgan fingerprint density at radius 3 is 2.61 bits per heavy atom. The number of hydrogen-bond acceptors (Lipinski definition) is 5. The number of likely N-dealkylation sites (N-methyl/N-ethyl adjacent to an activating group) is 2. The number of carbonyl (C=O) groups is 2. The van der Waals surface area contributed by atoms with Crippen LogP contribution >= 0.6 is 0 Å². The third kappa shape index (κ3) is 3.04. The molecule has 144 valence electrons. The van der Waals surface area contributed by atoms with Gasteiger partial charge in [0, 0.05) is 14.1 Å². The molecule has 4 rings (SSSR count). The van der Waals surface area contributed by atoms with Crippen molar-refractivity contribution in [3.63, 3.8) is 0 Å². The number of benzene rings is 1. The molecule has 1 atom stereocenters. The molecule has 1 N–H and O–H groups in total. The molecule has 0 saturated carbocycles. The van der Waals surface area contributed by atoms with Crippen LogP contribution < -0.4 is 5.32 Å². The first kappa shape index (κ1) is 17.9. The van der Waals surface area contributed by atoms with Crippen molar-refractivity contribution in [1.82, 2.24) is 15.1 Å². The Labute approximate surface area is 160 Å². The van der Waals surface area contributed by atoms with Crippen LogP contribution in [0.3, 0.4) is 0 Å². The largest absolute Gasteiger partial charge is 0.466 e. The molecule has 9 heteroatoms. The summed E-state index contributed by atoms with van der Waals surface area (Å²) in [5, 5.41) is 3.17. The van der Waals surface area contributed by atoms with E-state index < -0.39 is 12.1 Å². The number of hydrogen-bond donors (Lipinski definition) is 1. The van der Waals surface area contributed by atoms with Crippen LogP contribution in [-0.2, 0) is 17.9 Å². The van der Waals surface area contributed by atoms with E-state index in [1.807, 2.05) is 6.07 Å². The summed E-state index contributed by atoms with van der Waals surface area (Å²) in [5.41, 5.74) is 0.810. The van der Waals surface area contributed by atoms with Gasteiger partial charge in [-0.25, -0.2) is 13.8 Å². The minimum Gasteiger partial charge on any atom is -0.466 e. The minimum atomic E-state index is -0.739. The number of carbonyl (C=O) groups excluding carboxylic acids is 2. The van der Waals surface area contributed by atoms with E-state index in [9.17, 15) is 14.0 Å². The van der Waals surface area contributed by atoms with E-state index in [2.05, 4.69) is 10.3 Å². The first-order valence-electron chi connectivity index (χ1n) is 8.74. The van der Waals surface area contributed by atoms with Gasteiger partial charge >= 0.3 is 12.0 Å². The molecule has 8 nitrogen and oxygen atoms in total. The molecular weight excluding hydrogens is 365 g/mol. The van der Waals surface area contributed by atoms with Crippen molar-refractivity contribution in [2.24, 2.45) is 4.99 Å². The number of nitrogens with one attached hydrogen (secondary N) is 1. The van der Waals surface area contributed by atoms with Crippen LogP contribution in [-0.4, -0.2) is 58.2 Å². The van der Waals surface area contributed by atoms with E-state index in [0.29, 0.717) is 30.6 Å². The van der Waals surface area contributed by atoms with E-state index in [0.717, 1.165) is 10.5 Å². The molecule has 28 heavy (non-hydrogen) atoms. The Balaban J connectivity index is 1.69. The summed E-state index contributed by atoms with van der Waals surface area (Å²) < 4.78 is 20.4. The van der Waals surface area contributed by atoms with Crippen molar-refractivity contribution < 1.29 is 23.0 Å². The van der Waals surface area contributed by atoms with Gasteiger partial charge in [0.1, 0.15) is 18.1 Å². The lowest BCUT2D eigenvalue weighted by Gasteiger charge is -2.31. The highest BCUT2D eigenvalue weighted by Crippen LogP contribution is 2.20. The molecule has 2 aliphatic heterocycles. The maximum atomic E-state index is 13.3. The van der Waals surface area contributed by atoms with E-state index in [1.54, 1.807) is 36.1 Å². The number of amidine groups is 1. The number of amides is 3. The molecule has 0 spiro atoms. The lowest BCUT2D eigenvalue weighted by Crippen LogP contribution is -2.61. The first-order valence-corrected chi connectivity index (χ1v) is 8.74. The van der Waals surface area contributed by atoms with Crippen LogP contribution in [0.5, 0.6) is 0 Å². The molecule has 1 aromatic heterocycles. The van der Waals surface area contributed by atoms with Crippen LogP contribution in [0, 0.1) is 5.82 Å². The summed E-state index contributed by atoms with van der Waals surface area (Å²) in [4.78, 5) is 32.1. The first-order chi connectivity index (χ1) is 13.5. The van der Waals surface area contributed by atoms with Gasteiger partial charge in [-0.15, -0.1) is 0 Å². The van der Waals surface area contributed by atoms with Gasteiger partial charge in [0.15, 0.2) is 0 Å². The van der Waals surface area contributed by atoms with Gasteiger partial charge in [-0.1, -0.05) is 17.1 Å². The Bertz CT molecular complexity index is 982. The topological polar surface area (TPSA) is 81.2 Å². The summed E-state index contributed by atoms with van der Waals surface area (Å²) >= 11 is 0. The van der Waals surface area contributed by atoms with Crippen molar-refractivity contribution in [1.29, 1.82) is 0 Å². The van der Waals surface area contributed by atoms with E-state index >= 15 is 0 Å². The lowest BCUT2D eigenvalue weighted by atomic mass is 10.1. The fraction of sp³-hybridized carbons (Fsp3) is 0.263. The van der Waals surface area contributed by atoms with Crippen LogP contribution in [0.2, 0.25) is 0 Å². The molecule has 0 bridgehead atoms. The van der Waals surface area contributed by atoms with Gasteiger partial charge < -0.3 is 4.42 Å². The second kappa shape index (κ2) is 6.91. The van der Waals surface area contributed by atoms with E-state index in [4.69, 9.17) is 4.42 Å². The van der Waals surface area contributed by atoms with Gasteiger partial charge in [-0.2, -0.15) is 0 Å². The van der Waals surface area contributed by atoms with Crippen LogP contribution in [0.4, 0.5) is 9.18 Å². The minimum absolute atomic E-state index is 0.319. The summed E-state index contributed by atoms with van der Waals surface area (Å²) in [6.07, 6.45) is 1.57. The SMILES string of the molecule is CN1C(=O)C2C(=NC(NCc3ccco3)=[N+]2Cc2ccc(F)cc2)N(C)C1=O. The fourth-order valence-corrected chi connectivity index (χ4v) is 3.27. The Kier molecular flexibility index (Phi) is 4.42. The maximum absolute atomic E-state index is 13.3. The Hall–Kier alpha value is -3.49. The molecule has 1 aromatic carbocycles. The summed E-state index contributed by atoms with van der Waals surface area (Å²) in [6, 6.07) is 8.48. The number of urea groups is 1. The van der Waals surface area contributed by atoms with Gasteiger partial charge in [-0.3, -0.25) is 19.9 Å². The predicted octanol–water partition coefficient (Wildman–Crippen LogP) is 1.38. The smallest absolute Gasteiger partial charge is 0.390 e. The van der Waals surface area contributed by atoms with Gasteiger partial charge in [0.2, 0.25) is 11.9 Å². The monoisotopic (exact) mass is 384 g/mol. The molecule has 2 aromatic rings. The van der Waals surface area contributed by atoms with Crippen LogP contribution in [0.25, 0.3) is 0 Å². The zero-order valence-corrected chi connectivity index (χ0v) is 15.4. The van der Waals surface area contributed by atoms with E-state index in [1.165, 1.54) is 24.1 Å². The molecule has 1 fully saturated rings. The highest BCUT2D eigenvalue weighted by Gasteiger charge is 2.51. The molecule has 0 radical (unpaired) electrons. The number of aliphatic imine (C=N–C) groups is 1. The van der Waals surface area contributed by atoms with Crippen molar-refractivity contribution in [3.8, 4) is 0 Å². The maximum Gasteiger partial charge on any atom is 0.390 e. The highest BCUT2D eigenvalue weighted by atomic mass is 19.1. The molecule has 2 aliphatic rings. The van der Waals surface area contributed by atoms with Crippen LogP contribution in [0.1, 0.15) is 11.3 Å². The zero-order chi connectivity index (χ0) is 19.8. The van der Waals surface area contributed by atoms with Crippen molar-refractivity contribution in [2.75, 3.05) is 14.1 Å². The van der Waals surface area contributed by atoms with Crippen molar-refractivity contribution in [2.45, 2.75) is 19.1 Å².